The van der Waals surface area contributed by atoms with Crippen molar-refractivity contribution < 1.29 is 9.53 Å². The third-order valence-electron chi connectivity index (χ3n) is 4.18. The van der Waals surface area contributed by atoms with E-state index < -0.39 is 6.10 Å². The number of nitrogens with one attached hydrogen (secondary N) is 1. The Bertz CT molecular complexity index is 897. The lowest BCUT2D eigenvalue weighted by Gasteiger charge is -2.30. The van der Waals surface area contributed by atoms with Gasteiger partial charge in [-0.1, -0.05) is 23.7 Å². The fourth-order valence-electron chi connectivity index (χ4n) is 2.84. The van der Waals surface area contributed by atoms with Crippen molar-refractivity contribution in [3.05, 3.63) is 59.4 Å². The van der Waals surface area contributed by atoms with Crippen molar-refractivity contribution in [2.75, 3.05) is 18.1 Å². The van der Waals surface area contributed by atoms with Crippen LogP contribution < -0.4 is 4.90 Å². The Balaban J connectivity index is 1.51. The first kappa shape index (κ1) is 16.7. The van der Waals surface area contributed by atoms with Gasteiger partial charge in [-0.15, -0.1) is 0 Å². The lowest BCUT2D eigenvalue weighted by atomic mass is 10.1. The second-order valence-corrected chi connectivity index (χ2v) is 6.33. The second-order valence-electron chi connectivity index (χ2n) is 5.90. The maximum atomic E-state index is 12.8. The molecule has 8 heteroatoms. The summed E-state index contributed by atoms with van der Waals surface area (Å²) in [4.78, 5) is 22.8. The van der Waals surface area contributed by atoms with Crippen LogP contribution in [0.25, 0.3) is 11.4 Å². The lowest BCUT2D eigenvalue weighted by Crippen LogP contribution is -2.49. The van der Waals surface area contributed by atoms with Gasteiger partial charge in [0.25, 0.3) is 5.91 Å². The number of aromatic amines is 1. The summed E-state index contributed by atoms with van der Waals surface area (Å²) >= 11 is 5.91. The smallest absolute Gasteiger partial charge is 0.258 e. The van der Waals surface area contributed by atoms with Crippen LogP contribution in [0.4, 0.5) is 5.95 Å². The molecule has 3 aromatic rings. The van der Waals surface area contributed by atoms with E-state index in [4.69, 9.17) is 16.3 Å². The first-order valence-electron chi connectivity index (χ1n) is 8.21. The van der Waals surface area contributed by atoms with E-state index >= 15 is 0 Å². The fourth-order valence-corrected chi connectivity index (χ4v) is 2.96. The molecule has 2 aromatic heterocycles. The van der Waals surface area contributed by atoms with Gasteiger partial charge in [-0.05, 0) is 29.8 Å². The van der Waals surface area contributed by atoms with Crippen LogP contribution in [0, 0.1) is 0 Å². The predicted molar refractivity (Wildman–Crippen MR) is 96.9 cm³/mol. The number of ether oxygens (including phenoxy) is 1. The molecule has 0 spiro atoms. The summed E-state index contributed by atoms with van der Waals surface area (Å²) in [7, 11) is 0. The maximum Gasteiger partial charge on any atom is 0.258 e. The molecule has 132 valence electrons. The molecule has 1 aromatic carbocycles. The number of nitrogens with zero attached hydrogens (tertiary/aromatic N) is 4. The number of pyridine rings is 1. The number of hydrogen-bond acceptors (Lipinski definition) is 5. The van der Waals surface area contributed by atoms with Crippen LogP contribution in [0.5, 0.6) is 0 Å². The zero-order valence-electron chi connectivity index (χ0n) is 13.8. The van der Waals surface area contributed by atoms with Gasteiger partial charge in [-0.3, -0.25) is 14.7 Å². The Hall–Kier alpha value is -2.77. The number of hydrogen-bond donors (Lipinski definition) is 1. The zero-order valence-corrected chi connectivity index (χ0v) is 14.6. The third-order valence-corrected chi connectivity index (χ3v) is 4.43. The van der Waals surface area contributed by atoms with Gasteiger partial charge < -0.3 is 4.74 Å². The number of aromatic nitrogens is 4. The number of morpholine rings is 1. The molecule has 1 aliphatic rings. The number of anilines is 1. The maximum absolute atomic E-state index is 12.8. The molecule has 26 heavy (non-hydrogen) atoms. The molecule has 1 fully saturated rings. The van der Waals surface area contributed by atoms with Crippen molar-refractivity contribution in [2.24, 2.45) is 0 Å². The Morgan fingerprint density at radius 3 is 2.73 bits per heavy atom. The molecule has 1 unspecified atom stereocenters. The molecule has 3 heterocycles. The van der Waals surface area contributed by atoms with Crippen molar-refractivity contribution in [3.63, 3.8) is 0 Å². The van der Waals surface area contributed by atoms with Crippen LogP contribution in [0.2, 0.25) is 5.02 Å². The molecular weight excluding hydrogens is 354 g/mol. The normalized spacial score (nSPS) is 17.5. The number of carbonyl (C=O) groups excluding carboxylic acids is 1. The van der Waals surface area contributed by atoms with Crippen LogP contribution in [-0.4, -0.2) is 45.3 Å². The topological polar surface area (TPSA) is 84.0 Å². The molecule has 0 radical (unpaired) electrons. The van der Waals surface area contributed by atoms with Crippen molar-refractivity contribution in [3.8, 4) is 11.4 Å². The first-order chi connectivity index (χ1) is 12.7. The van der Waals surface area contributed by atoms with Gasteiger partial charge in [0.1, 0.15) is 6.10 Å². The molecule has 0 aliphatic carbocycles. The largest absolute Gasteiger partial charge is 0.366 e. The SMILES string of the molecule is O=C1C(Cc2ccc(Cl)cc2)OCCN1c1nc(-c2ccncc2)n[nH]1. The summed E-state index contributed by atoms with van der Waals surface area (Å²) in [6, 6.07) is 11.0. The van der Waals surface area contributed by atoms with Gasteiger partial charge in [-0.2, -0.15) is 10.1 Å². The van der Waals surface area contributed by atoms with Gasteiger partial charge in [0.05, 0.1) is 13.2 Å². The van der Waals surface area contributed by atoms with E-state index in [9.17, 15) is 4.79 Å². The Morgan fingerprint density at radius 1 is 1.19 bits per heavy atom. The number of halogens is 1. The fraction of sp³-hybridized carbons (Fsp3) is 0.222. The van der Waals surface area contributed by atoms with Crippen molar-refractivity contribution in [1.29, 1.82) is 0 Å². The molecule has 1 saturated heterocycles. The van der Waals surface area contributed by atoms with E-state index in [-0.39, 0.29) is 5.91 Å². The standard InChI is InChI=1S/C18H16ClN5O2/c19-14-3-1-12(2-4-14)11-15-17(25)24(9-10-26-15)18-21-16(22-23-18)13-5-7-20-8-6-13/h1-8,15H,9-11H2,(H,21,22,23). The molecule has 0 bridgehead atoms. The molecule has 1 atom stereocenters. The Labute approximate surface area is 155 Å². The van der Waals surface area contributed by atoms with Crippen LogP contribution in [0.3, 0.4) is 0 Å². The molecule has 4 rings (SSSR count). The summed E-state index contributed by atoms with van der Waals surface area (Å²) in [6.07, 6.45) is 3.28. The van der Waals surface area contributed by atoms with Gasteiger partial charge in [0.15, 0.2) is 5.82 Å². The minimum Gasteiger partial charge on any atom is -0.366 e. The van der Waals surface area contributed by atoms with Crippen LogP contribution >= 0.6 is 11.6 Å². The minimum absolute atomic E-state index is 0.136. The van der Waals surface area contributed by atoms with Crippen molar-refractivity contribution in [2.45, 2.75) is 12.5 Å². The van der Waals surface area contributed by atoms with Gasteiger partial charge in [0.2, 0.25) is 5.95 Å². The number of amides is 1. The first-order valence-corrected chi connectivity index (χ1v) is 8.59. The Kier molecular flexibility index (Phi) is 4.64. The van der Waals surface area contributed by atoms with E-state index in [1.165, 1.54) is 0 Å². The summed E-state index contributed by atoms with van der Waals surface area (Å²) in [5, 5.41) is 7.71. The molecule has 0 saturated carbocycles. The summed E-state index contributed by atoms with van der Waals surface area (Å²) in [5.74, 6) is 0.811. The highest BCUT2D eigenvalue weighted by Crippen LogP contribution is 2.21. The number of rotatable bonds is 4. The van der Waals surface area contributed by atoms with Crippen molar-refractivity contribution >= 4 is 23.5 Å². The predicted octanol–water partition coefficient (Wildman–Crippen LogP) is 2.49. The monoisotopic (exact) mass is 369 g/mol. The highest BCUT2D eigenvalue weighted by Gasteiger charge is 2.32. The van der Waals surface area contributed by atoms with Crippen LogP contribution in [0.15, 0.2) is 48.8 Å². The van der Waals surface area contributed by atoms with Gasteiger partial charge in [-0.25, -0.2) is 5.10 Å². The average molecular weight is 370 g/mol. The third kappa shape index (κ3) is 3.44. The van der Waals surface area contributed by atoms with Gasteiger partial charge in [0, 0.05) is 29.4 Å². The van der Waals surface area contributed by atoms with E-state index in [2.05, 4.69) is 20.2 Å². The van der Waals surface area contributed by atoms with E-state index in [1.807, 2.05) is 24.3 Å². The minimum atomic E-state index is -0.556. The molecule has 1 amide bonds. The van der Waals surface area contributed by atoms with Crippen molar-refractivity contribution in [1.82, 2.24) is 20.2 Å². The number of benzene rings is 1. The van der Waals surface area contributed by atoms with E-state index in [1.54, 1.807) is 29.4 Å². The quantitative estimate of drug-likeness (QED) is 0.763. The second kappa shape index (κ2) is 7.23. The van der Waals surface area contributed by atoms with Gasteiger partial charge >= 0.3 is 0 Å². The van der Waals surface area contributed by atoms with E-state index in [0.29, 0.717) is 36.4 Å². The molecular formula is C18H16ClN5O2. The average Bonchev–Trinajstić information content (AvgIpc) is 3.16. The Morgan fingerprint density at radius 2 is 1.96 bits per heavy atom. The lowest BCUT2D eigenvalue weighted by molar-refractivity contribution is -0.133. The summed E-state index contributed by atoms with van der Waals surface area (Å²) in [5.41, 5.74) is 1.82. The zero-order chi connectivity index (χ0) is 17.9. The highest BCUT2D eigenvalue weighted by atomic mass is 35.5. The summed E-state index contributed by atoms with van der Waals surface area (Å²) in [6.45, 7) is 0.871. The number of H-pyrrole nitrogens is 1. The summed E-state index contributed by atoms with van der Waals surface area (Å²) < 4.78 is 5.67. The molecule has 1 aliphatic heterocycles. The highest BCUT2D eigenvalue weighted by molar-refractivity contribution is 6.30. The number of carbonyl (C=O) groups is 1. The molecule has 7 nitrogen and oxygen atoms in total. The van der Waals surface area contributed by atoms with Crippen LogP contribution in [0.1, 0.15) is 5.56 Å². The van der Waals surface area contributed by atoms with Crippen LogP contribution in [-0.2, 0) is 16.0 Å². The molecule has 1 N–H and O–H groups in total. The van der Waals surface area contributed by atoms with E-state index in [0.717, 1.165) is 11.1 Å².